The first kappa shape index (κ1) is 22.0. The van der Waals surface area contributed by atoms with E-state index in [1.807, 2.05) is 18.2 Å². The van der Waals surface area contributed by atoms with E-state index in [0.29, 0.717) is 11.5 Å². The van der Waals surface area contributed by atoms with Gasteiger partial charge in [-0.25, -0.2) is 4.79 Å². The smallest absolute Gasteiger partial charge is 0.416 e. The maximum atomic E-state index is 13.2. The molecule has 2 atom stereocenters. The van der Waals surface area contributed by atoms with Crippen LogP contribution in [0.1, 0.15) is 54.8 Å². The van der Waals surface area contributed by atoms with Gasteiger partial charge in [0.05, 0.1) is 17.6 Å². The zero-order valence-electron chi connectivity index (χ0n) is 19.0. The monoisotopic (exact) mass is 470 g/mol. The van der Waals surface area contributed by atoms with Crippen molar-refractivity contribution in [1.29, 1.82) is 0 Å². The van der Waals surface area contributed by atoms with Crippen LogP contribution in [0.3, 0.4) is 0 Å². The summed E-state index contributed by atoms with van der Waals surface area (Å²) in [6.45, 7) is 2.92. The lowest BCUT2D eigenvalue weighted by Crippen LogP contribution is -2.60. The molecule has 3 aliphatic heterocycles. The number of halogens is 3. The van der Waals surface area contributed by atoms with Crippen molar-refractivity contribution in [2.75, 3.05) is 19.6 Å². The highest BCUT2D eigenvalue weighted by molar-refractivity contribution is 5.69. The van der Waals surface area contributed by atoms with Crippen molar-refractivity contribution in [3.8, 4) is 11.1 Å². The fraction of sp³-hybridized carbons (Fsp3) is 0.519. The summed E-state index contributed by atoms with van der Waals surface area (Å²) in [6.07, 6.45) is 0.725. The highest BCUT2D eigenvalue weighted by atomic mass is 19.4. The van der Waals surface area contributed by atoms with Gasteiger partial charge in [-0.2, -0.15) is 13.2 Å². The fourth-order valence-corrected chi connectivity index (χ4v) is 6.82. The van der Waals surface area contributed by atoms with E-state index < -0.39 is 17.8 Å². The molecule has 1 unspecified atom stereocenters. The van der Waals surface area contributed by atoms with Crippen molar-refractivity contribution >= 4 is 6.09 Å². The SMILES string of the molecule is O=C(O)N(C1c2ccc(-c3cccc(C(F)(F)F)c3)cc2CCC12CC2)[C@@H]1CN2CCC1CC2. The Hall–Kier alpha value is -2.54. The van der Waals surface area contributed by atoms with Crippen LogP contribution in [-0.2, 0) is 12.6 Å². The van der Waals surface area contributed by atoms with Gasteiger partial charge in [0.25, 0.3) is 0 Å². The number of alkyl halides is 3. The Morgan fingerprint density at radius 2 is 1.76 bits per heavy atom. The van der Waals surface area contributed by atoms with Crippen LogP contribution in [-0.4, -0.2) is 46.7 Å². The molecule has 0 aromatic heterocycles. The van der Waals surface area contributed by atoms with E-state index in [1.54, 1.807) is 11.0 Å². The Labute approximate surface area is 197 Å². The van der Waals surface area contributed by atoms with E-state index in [9.17, 15) is 23.1 Å². The molecule has 2 aromatic carbocycles. The number of aryl methyl sites for hydroxylation is 1. The van der Waals surface area contributed by atoms with E-state index in [4.69, 9.17) is 0 Å². The van der Waals surface area contributed by atoms with Crippen LogP contribution in [0.15, 0.2) is 42.5 Å². The molecule has 2 bridgehead atoms. The number of rotatable bonds is 3. The highest BCUT2D eigenvalue weighted by Gasteiger charge is 2.57. The van der Waals surface area contributed by atoms with Crippen molar-refractivity contribution < 1.29 is 23.1 Å². The van der Waals surface area contributed by atoms with Crippen LogP contribution in [0, 0.1) is 11.3 Å². The molecule has 3 heterocycles. The molecule has 7 heteroatoms. The van der Waals surface area contributed by atoms with Crippen molar-refractivity contribution in [2.45, 2.75) is 56.8 Å². The van der Waals surface area contributed by atoms with Gasteiger partial charge in [0.2, 0.25) is 0 Å². The third-order valence-electron chi connectivity index (χ3n) is 8.80. The van der Waals surface area contributed by atoms with E-state index in [0.717, 1.165) is 80.9 Å². The average Bonchev–Trinajstić information content (AvgIpc) is 3.61. The summed E-state index contributed by atoms with van der Waals surface area (Å²) < 4.78 is 39.7. The average molecular weight is 471 g/mol. The molecule has 2 aliphatic carbocycles. The lowest BCUT2D eigenvalue weighted by atomic mass is 9.73. The molecule has 1 N–H and O–H groups in total. The lowest BCUT2D eigenvalue weighted by molar-refractivity contribution is -0.137. The summed E-state index contributed by atoms with van der Waals surface area (Å²) in [5.74, 6) is 0.409. The normalized spacial score (nSPS) is 29.0. The molecule has 0 radical (unpaired) electrons. The quantitative estimate of drug-likeness (QED) is 0.580. The Balaban J connectivity index is 1.39. The minimum absolute atomic E-state index is 0.00906. The summed E-state index contributed by atoms with van der Waals surface area (Å²) >= 11 is 0. The predicted molar refractivity (Wildman–Crippen MR) is 122 cm³/mol. The second-order valence-corrected chi connectivity index (χ2v) is 10.7. The topological polar surface area (TPSA) is 43.8 Å². The molecule has 5 aliphatic rings. The van der Waals surface area contributed by atoms with E-state index in [2.05, 4.69) is 4.90 Å². The van der Waals surface area contributed by atoms with Crippen LogP contribution in [0.25, 0.3) is 11.1 Å². The molecule has 34 heavy (non-hydrogen) atoms. The van der Waals surface area contributed by atoms with Gasteiger partial charge in [-0.05, 0) is 97.3 Å². The number of benzene rings is 2. The van der Waals surface area contributed by atoms with Gasteiger partial charge in [-0.1, -0.05) is 30.3 Å². The maximum Gasteiger partial charge on any atom is 0.416 e. The Morgan fingerprint density at radius 1 is 1.03 bits per heavy atom. The number of fused-ring (bicyclic) bond motifs is 4. The minimum Gasteiger partial charge on any atom is -0.465 e. The third kappa shape index (κ3) is 3.60. The first-order valence-corrected chi connectivity index (χ1v) is 12.3. The Bertz CT molecular complexity index is 1120. The standard InChI is InChI=1S/C27H29F3N2O2/c28-27(29,30)21-3-1-2-18(15-21)19-4-5-22-20(14-19)6-9-26(10-11-26)24(22)32(25(33)34)23-16-31-12-7-17(23)8-13-31/h1-5,14-15,17,23-24H,6-13,16H2,(H,33,34)/t23-,24?/m1/s1. The minimum atomic E-state index is -4.38. The second-order valence-electron chi connectivity index (χ2n) is 10.7. The molecule has 1 spiro atoms. The summed E-state index contributed by atoms with van der Waals surface area (Å²) in [5.41, 5.74) is 2.77. The molecule has 3 saturated heterocycles. The van der Waals surface area contributed by atoms with Crippen LogP contribution in [0.4, 0.5) is 18.0 Å². The Morgan fingerprint density at radius 3 is 2.38 bits per heavy atom. The van der Waals surface area contributed by atoms with Gasteiger partial charge < -0.3 is 10.0 Å². The van der Waals surface area contributed by atoms with Crippen molar-refractivity contribution in [3.05, 3.63) is 59.2 Å². The van der Waals surface area contributed by atoms with Crippen molar-refractivity contribution in [3.63, 3.8) is 0 Å². The number of carboxylic acid groups (broad SMARTS) is 1. The van der Waals surface area contributed by atoms with Crippen LogP contribution in [0.2, 0.25) is 0 Å². The summed E-state index contributed by atoms with van der Waals surface area (Å²) in [5, 5.41) is 10.4. The van der Waals surface area contributed by atoms with E-state index >= 15 is 0 Å². The molecule has 7 rings (SSSR count). The zero-order valence-corrected chi connectivity index (χ0v) is 19.0. The van der Waals surface area contributed by atoms with Gasteiger partial charge in [-0.3, -0.25) is 4.90 Å². The van der Waals surface area contributed by atoms with Crippen LogP contribution >= 0.6 is 0 Å². The summed E-state index contributed by atoms with van der Waals surface area (Å²) in [7, 11) is 0. The number of nitrogens with zero attached hydrogens (tertiary/aromatic N) is 2. The van der Waals surface area contributed by atoms with Crippen LogP contribution < -0.4 is 0 Å². The zero-order chi connectivity index (χ0) is 23.7. The van der Waals surface area contributed by atoms with Crippen LogP contribution in [0.5, 0.6) is 0 Å². The van der Waals surface area contributed by atoms with Gasteiger partial charge in [-0.15, -0.1) is 0 Å². The lowest BCUT2D eigenvalue weighted by Gasteiger charge is -2.52. The number of piperidine rings is 3. The number of hydrogen-bond donors (Lipinski definition) is 1. The number of carbonyl (C=O) groups is 1. The fourth-order valence-electron chi connectivity index (χ4n) is 6.82. The molecular weight excluding hydrogens is 441 g/mol. The molecule has 180 valence electrons. The van der Waals surface area contributed by atoms with Gasteiger partial charge >= 0.3 is 12.3 Å². The predicted octanol–water partition coefficient (Wildman–Crippen LogP) is 6.21. The van der Waals surface area contributed by atoms with Gasteiger partial charge in [0.15, 0.2) is 0 Å². The highest BCUT2D eigenvalue weighted by Crippen LogP contribution is 2.63. The van der Waals surface area contributed by atoms with Gasteiger partial charge in [0, 0.05) is 6.54 Å². The van der Waals surface area contributed by atoms with Crippen molar-refractivity contribution in [1.82, 2.24) is 9.80 Å². The largest absolute Gasteiger partial charge is 0.465 e. The number of amides is 1. The second kappa shape index (κ2) is 7.74. The number of hydrogen-bond acceptors (Lipinski definition) is 2. The van der Waals surface area contributed by atoms with Crippen molar-refractivity contribution in [2.24, 2.45) is 11.3 Å². The van der Waals surface area contributed by atoms with E-state index in [-0.39, 0.29) is 17.5 Å². The summed E-state index contributed by atoms with van der Waals surface area (Å²) in [4.78, 5) is 16.9. The Kier molecular flexibility index (Phi) is 5.00. The molecule has 1 amide bonds. The molecule has 4 fully saturated rings. The molecule has 4 nitrogen and oxygen atoms in total. The maximum absolute atomic E-state index is 13.2. The summed E-state index contributed by atoms with van der Waals surface area (Å²) in [6, 6.07) is 11.1. The molecule has 2 aromatic rings. The van der Waals surface area contributed by atoms with Gasteiger partial charge in [0.1, 0.15) is 0 Å². The van der Waals surface area contributed by atoms with E-state index in [1.165, 1.54) is 12.1 Å². The molecular formula is C27H29F3N2O2. The first-order chi connectivity index (χ1) is 16.2. The first-order valence-electron chi connectivity index (χ1n) is 12.3. The third-order valence-corrected chi connectivity index (χ3v) is 8.80. The molecule has 1 saturated carbocycles.